The SMILES string of the molecule is C=CC(=O)N1CC2CCOc3c(Cl)c(-c4c(O)cccc4F)c(F)c4c3c(nc(=O)n4-c3c(C(C)C)ncnc3C(C)C)N2CC1C. The standard InChI is InChI=1S/C34H35ClF2N6O4/c1-7-22(45)41-14-19-11-12-47-32-25-30(27(37)24(26(32)35)23-20(36)9-8-10-21(23)44)43(34(46)40-33(25)42(19)13-18(41)6)31-28(16(2)3)38-15-39-29(31)17(4)5/h7-10,15-19,44H,1,11-14H2,2-6H3. The minimum Gasteiger partial charge on any atom is -0.507 e. The molecule has 2 aliphatic rings. The summed E-state index contributed by atoms with van der Waals surface area (Å²) in [5.41, 5.74) is -0.821. The van der Waals surface area contributed by atoms with Gasteiger partial charge in [0.25, 0.3) is 0 Å². The number of hydrogen-bond acceptors (Lipinski definition) is 8. The molecule has 4 heterocycles. The number of nitrogens with zero attached hydrogens (tertiary/aromatic N) is 6. The van der Waals surface area contributed by atoms with Crippen molar-refractivity contribution in [1.82, 2.24) is 24.4 Å². The van der Waals surface area contributed by atoms with Crippen LogP contribution in [-0.2, 0) is 4.79 Å². The van der Waals surface area contributed by atoms with Crippen molar-refractivity contribution in [2.24, 2.45) is 0 Å². The van der Waals surface area contributed by atoms with Crippen molar-refractivity contribution in [1.29, 1.82) is 0 Å². The van der Waals surface area contributed by atoms with Gasteiger partial charge in [0.1, 0.15) is 29.2 Å². The first-order valence-corrected chi connectivity index (χ1v) is 15.9. The second kappa shape index (κ2) is 12.2. The van der Waals surface area contributed by atoms with Gasteiger partial charge in [0.05, 0.1) is 45.7 Å². The van der Waals surface area contributed by atoms with Gasteiger partial charge in [-0.2, -0.15) is 4.98 Å². The van der Waals surface area contributed by atoms with Crippen molar-refractivity contribution in [3.8, 4) is 28.3 Å². The fraction of sp³-hybridized carbons (Fsp3) is 0.382. The molecule has 1 fully saturated rings. The predicted octanol–water partition coefficient (Wildman–Crippen LogP) is 6.10. The van der Waals surface area contributed by atoms with E-state index in [0.29, 0.717) is 17.8 Å². The number of phenols is 1. The summed E-state index contributed by atoms with van der Waals surface area (Å²) in [6.45, 7) is 13.7. The molecule has 2 aromatic carbocycles. The molecule has 4 aromatic rings. The Kier molecular flexibility index (Phi) is 8.41. The average molecular weight is 665 g/mol. The first-order valence-electron chi connectivity index (χ1n) is 15.5. The lowest BCUT2D eigenvalue weighted by Gasteiger charge is -2.46. The molecule has 2 atom stereocenters. The lowest BCUT2D eigenvalue weighted by molar-refractivity contribution is -0.129. The number of carbonyl (C=O) groups is 1. The Labute approximate surface area is 275 Å². The Morgan fingerprint density at radius 1 is 1.13 bits per heavy atom. The maximum atomic E-state index is 17.5. The normalized spacial score (nSPS) is 17.8. The summed E-state index contributed by atoms with van der Waals surface area (Å²) in [5.74, 6) is -3.07. The smallest absolute Gasteiger partial charge is 0.354 e. The summed E-state index contributed by atoms with van der Waals surface area (Å²) in [7, 11) is 0. The molecule has 246 valence electrons. The molecule has 0 radical (unpaired) electrons. The third-order valence-electron chi connectivity index (χ3n) is 8.86. The van der Waals surface area contributed by atoms with Crippen molar-refractivity contribution in [3.63, 3.8) is 0 Å². The minimum absolute atomic E-state index is 0.0123. The molecule has 13 heteroatoms. The van der Waals surface area contributed by atoms with Crippen molar-refractivity contribution < 1.29 is 23.4 Å². The molecule has 1 amide bonds. The van der Waals surface area contributed by atoms with E-state index in [1.807, 2.05) is 39.5 Å². The molecular formula is C34H35ClF2N6O4. The van der Waals surface area contributed by atoms with Crippen LogP contribution in [-0.4, -0.2) is 67.2 Å². The average Bonchev–Trinajstić information content (AvgIpc) is 3.02. The molecule has 10 nitrogen and oxygen atoms in total. The van der Waals surface area contributed by atoms with E-state index in [9.17, 15) is 14.7 Å². The molecule has 0 spiro atoms. The first-order chi connectivity index (χ1) is 22.4. The number of carbonyl (C=O) groups excluding carboxylic acids is 1. The maximum Gasteiger partial charge on any atom is 0.354 e. The third kappa shape index (κ3) is 5.18. The van der Waals surface area contributed by atoms with Gasteiger partial charge in [-0.3, -0.25) is 9.36 Å². The Balaban J connectivity index is 1.80. The van der Waals surface area contributed by atoms with Crippen LogP contribution in [0.15, 0.2) is 42.0 Å². The van der Waals surface area contributed by atoms with Crippen LogP contribution in [0.5, 0.6) is 11.5 Å². The van der Waals surface area contributed by atoms with Crippen molar-refractivity contribution in [2.75, 3.05) is 24.6 Å². The summed E-state index contributed by atoms with van der Waals surface area (Å²) in [5, 5.41) is 10.6. The highest BCUT2D eigenvalue weighted by molar-refractivity contribution is 6.36. The zero-order chi connectivity index (χ0) is 33.9. The van der Waals surface area contributed by atoms with Crippen LogP contribution in [0, 0.1) is 11.6 Å². The molecule has 6 rings (SSSR count). The largest absolute Gasteiger partial charge is 0.507 e. The number of fused-ring (bicyclic) bond motifs is 2. The summed E-state index contributed by atoms with van der Waals surface area (Å²) < 4.78 is 40.3. The number of halogens is 3. The molecule has 2 unspecified atom stereocenters. The highest BCUT2D eigenvalue weighted by atomic mass is 35.5. The van der Waals surface area contributed by atoms with E-state index in [2.05, 4.69) is 21.5 Å². The minimum atomic E-state index is -1.06. The fourth-order valence-corrected chi connectivity index (χ4v) is 6.97. The lowest BCUT2D eigenvalue weighted by Crippen LogP contribution is -2.60. The van der Waals surface area contributed by atoms with Crippen LogP contribution >= 0.6 is 11.6 Å². The van der Waals surface area contributed by atoms with Gasteiger partial charge in [-0.1, -0.05) is 51.9 Å². The van der Waals surface area contributed by atoms with Gasteiger partial charge < -0.3 is 19.6 Å². The van der Waals surface area contributed by atoms with Crippen molar-refractivity contribution in [3.05, 3.63) is 75.7 Å². The summed E-state index contributed by atoms with van der Waals surface area (Å²) in [4.78, 5) is 44.2. The van der Waals surface area contributed by atoms with Gasteiger partial charge in [-0.05, 0) is 37.0 Å². The number of benzene rings is 2. The number of anilines is 1. The summed E-state index contributed by atoms with van der Waals surface area (Å²) >= 11 is 6.93. The molecule has 2 aliphatic heterocycles. The second-order valence-electron chi connectivity index (χ2n) is 12.5. The fourth-order valence-electron chi connectivity index (χ4n) is 6.64. The number of hydrogen-bond donors (Lipinski definition) is 1. The molecular weight excluding hydrogens is 630 g/mol. The summed E-state index contributed by atoms with van der Waals surface area (Å²) in [6, 6.07) is 2.94. The van der Waals surface area contributed by atoms with Crippen LogP contribution < -0.4 is 15.3 Å². The maximum absolute atomic E-state index is 17.5. The zero-order valence-corrected chi connectivity index (χ0v) is 27.5. The predicted molar refractivity (Wildman–Crippen MR) is 176 cm³/mol. The Morgan fingerprint density at radius 3 is 2.43 bits per heavy atom. The van der Waals surface area contributed by atoms with E-state index in [1.54, 1.807) is 4.90 Å². The number of amides is 1. The molecule has 47 heavy (non-hydrogen) atoms. The molecule has 0 saturated carbocycles. The molecule has 0 aliphatic carbocycles. The van der Waals surface area contributed by atoms with E-state index in [0.717, 1.165) is 10.6 Å². The number of phenolic OH excluding ortho intramolecular Hbond substituents is 1. The molecule has 2 aromatic heterocycles. The van der Waals surface area contributed by atoms with Crippen molar-refractivity contribution >= 4 is 34.2 Å². The number of aromatic hydroxyl groups is 1. The van der Waals surface area contributed by atoms with Crippen molar-refractivity contribution in [2.45, 2.75) is 65.0 Å². The third-order valence-corrected chi connectivity index (χ3v) is 9.22. The van der Waals surface area contributed by atoms with E-state index in [1.165, 1.54) is 24.5 Å². The zero-order valence-electron chi connectivity index (χ0n) is 26.7. The van der Waals surface area contributed by atoms with E-state index < -0.39 is 34.2 Å². The molecule has 0 bridgehead atoms. The van der Waals surface area contributed by atoms with Crippen LogP contribution in [0.3, 0.4) is 0 Å². The van der Waals surface area contributed by atoms with Gasteiger partial charge in [0.15, 0.2) is 11.6 Å². The Morgan fingerprint density at radius 2 is 1.81 bits per heavy atom. The molecule has 1 saturated heterocycles. The first kappa shape index (κ1) is 32.4. The van der Waals surface area contributed by atoms with E-state index >= 15 is 8.78 Å². The number of rotatable bonds is 5. The number of ether oxygens (including phenoxy) is 1. The topological polar surface area (TPSA) is 114 Å². The van der Waals surface area contributed by atoms with Crippen LogP contribution in [0.1, 0.15) is 64.3 Å². The second-order valence-corrected chi connectivity index (χ2v) is 12.9. The van der Waals surface area contributed by atoms with Gasteiger partial charge in [-0.25, -0.2) is 23.5 Å². The van der Waals surface area contributed by atoms with Crippen LogP contribution in [0.4, 0.5) is 14.6 Å². The van der Waals surface area contributed by atoms with Gasteiger partial charge in [0.2, 0.25) is 5.91 Å². The lowest BCUT2D eigenvalue weighted by atomic mass is 9.97. The van der Waals surface area contributed by atoms with Gasteiger partial charge in [-0.15, -0.1) is 0 Å². The number of piperazine rings is 1. The number of aromatic nitrogens is 4. The Bertz CT molecular complexity index is 1950. The molecule has 1 N–H and O–H groups in total. The van der Waals surface area contributed by atoms with E-state index in [4.69, 9.17) is 16.3 Å². The van der Waals surface area contributed by atoms with Crippen LogP contribution in [0.25, 0.3) is 27.7 Å². The highest BCUT2D eigenvalue weighted by Crippen LogP contribution is 2.50. The summed E-state index contributed by atoms with van der Waals surface area (Å²) in [6.07, 6.45) is 3.06. The van der Waals surface area contributed by atoms with Gasteiger partial charge >= 0.3 is 5.69 Å². The highest BCUT2D eigenvalue weighted by Gasteiger charge is 2.39. The Hall–Kier alpha value is -4.58. The van der Waals surface area contributed by atoms with E-state index in [-0.39, 0.29) is 82.7 Å². The quantitative estimate of drug-likeness (QED) is 0.255. The van der Waals surface area contributed by atoms with Crippen LogP contribution in [0.2, 0.25) is 5.02 Å². The monoisotopic (exact) mass is 664 g/mol. The van der Waals surface area contributed by atoms with Gasteiger partial charge in [0, 0.05) is 31.1 Å².